The zero-order valence-electron chi connectivity index (χ0n) is 41.0. The molecule has 5 rings (SSSR count). The monoisotopic (exact) mass is 1060 g/mol. The van der Waals surface area contributed by atoms with E-state index in [9.17, 15) is 44.7 Å². The number of aliphatic hydroxyl groups is 1. The molecule has 0 bridgehead atoms. The number of nitrogens with one attached hydrogen (secondary N) is 3. The molecule has 1 fully saturated rings. The smallest absolute Gasteiger partial charge is 0.431 e. The number of carbonyl (C=O) groups is 2. The minimum Gasteiger partial charge on any atom is -0.446 e. The lowest BCUT2D eigenvalue weighted by atomic mass is 9.93. The second kappa shape index (κ2) is 25.8. The normalized spacial score (nSPS) is 16.7. The highest BCUT2D eigenvalue weighted by Crippen LogP contribution is 2.42. The van der Waals surface area contributed by atoms with E-state index in [1.54, 1.807) is 20.9 Å². The van der Waals surface area contributed by atoms with Gasteiger partial charge in [0.2, 0.25) is 5.91 Å². The summed E-state index contributed by atoms with van der Waals surface area (Å²) in [6.45, 7) is 5.42. The Hall–Kier alpha value is -5.97. The number of aliphatic imine (C=N–C) groups is 1. The van der Waals surface area contributed by atoms with Crippen molar-refractivity contribution in [2.75, 3.05) is 65.3 Å². The van der Waals surface area contributed by atoms with Crippen molar-refractivity contribution >= 4 is 46.0 Å². The predicted octanol–water partition coefficient (Wildman–Crippen LogP) is 8.21. The summed E-state index contributed by atoms with van der Waals surface area (Å²) in [6, 6.07) is 6.41. The van der Waals surface area contributed by atoms with Gasteiger partial charge >= 0.3 is 18.4 Å². The number of benzene rings is 2. The Balaban J connectivity index is 0.00000570. The van der Waals surface area contributed by atoms with Gasteiger partial charge in [0, 0.05) is 29.8 Å². The van der Waals surface area contributed by atoms with Crippen molar-refractivity contribution in [3.8, 4) is 23.0 Å². The fraction of sp³-hybridized carbons (Fsp3) is 0.479. The molecule has 0 saturated heterocycles. The summed E-state index contributed by atoms with van der Waals surface area (Å²) in [6.07, 6.45) is -12.5. The third-order valence-corrected chi connectivity index (χ3v) is 11.2. The molecule has 2 aromatic carbocycles. The summed E-state index contributed by atoms with van der Waals surface area (Å²) in [4.78, 5) is 36.1. The summed E-state index contributed by atoms with van der Waals surface area (Å²) in [5.74, 6) is 2.35. The SMILES string of the molecule is CC.CNN(C(=O)OCCOCCOCCO)c1nn(CC(F)(F)F)c2c(-c3ccc(C#CC(C)(C)NC)nc3C(Cc3cc(F)cc(F)c3)NC(=O)CN=C3/C(=C(\N)C(F)(F)F)CCC3(C)F)ccc(Cl)c12. The molecule has 2 aromatic heterocycles. The van der Waals surface area contributed by atoms with Gasteiger partial charge in [0.1, 0.15) is 48.4 Å². The number of pyridine rings is 1. The lowest BCUT2D eigenvalue weighted by molar-refractivity contribution is -0.141. The highest BCUT2D eigenvalue weighted by Gasteiger charge is 2.45. The van der Waals surface area contributed by atoms with E-state index in [2.05, 4.69) is 38.0 Å². The number of halogens is 10. The molecule has 1 aliphatic rings. The molecule has 73 heavy (non-hydrogen) atoms. The second-order valence-corrected chi connectivity index (χ2v) is 17.1. The van der Waals surface area contributed by atoms with Crippen LogP contribution in [0.3, 0.4) is 0 Å². The van der Waals surface area contributed by atoms with Gasteiger partial charge in [0.25, 0.3) is 0 Å². The Kier molecular flexibility index (Phi) is 21.1. The van der Waals surface area contributed by atoms with Crippen LogP contribution in [0.5, 0.6) is 0 Å². The van der Waals surface area contributed by atoms with E-state index < -0.39 is 108 Å². The van der Waals surface area contributed by atoms with Gasteiger partial charge in [0.15, 0.2) is 5.82 Å². The number of alkyl halides is 7. The molecular formula is C48H57ClF9N9O6. The zero-order valence-corrected chi connectivity index (χ0v) is 41.7. The first-order valence-corrected chi connectivity index (χ1v) is 23.1. The molecule has 15 nitrogen and oxygen atoms in total. The maximum absolute atomic E-state index is 15.7. The maximum Gasteiger partial charge on any atom is 0.431 e. The van der Waals surface area contributed by atoms with Crippen LogP contribution in [0.15, 0.2) is 58.7 Å². The van der Waals surface area contributed by atoms with Gasteiger partial charge < -0.3 is 35.7 Å². The van der Waals surface area contributed by atoms with Crippen LogP contribution >= 0.6 is 11.6 Å². The van der Waals surface area contributed by atoms with E-state index in [1.165, 1.54) is 31.3 Å². The predicted molar refractivity (Wildman–Crippen MR) is 256 cm³/mol. The molecule has 4 aromatic rings. The number of hydrazine groups is 1. The standard InChI is InChI=1S/C46H51ClF9N9O6.C2H6/c1-43(2,58-4)12-10-29-6-7-30(31-8-9-33(47)36-38(31)64(25-45(51,52)53)63-41(36)65(59-5)42(68)71-19-18-70-17-16-69-15-14-66)37(61-29)34(22-26-20-27(48)23-28(49)21-26)62-35(67)24-60-40-32(11-13-44(40,3)50)39(57)46(54,55)56;1-2/h6-9,20-21,23,34,58-59,66H,11,13-19,22,24-25,57H2,1-5H3,(H,62,67);1-2H3/b39-32-,60-40?;. The first-order chi connectivity index (χ1) is 34.3. The van der Waals surface area contributed by atoms with Crippen LogP contribution in [0.1, 0.15) is 70.5 Å². The second-order valence-electron chi connectivity index (χ2n) is 16.6. The quantitative estimate of drug-likeness (QED) is 0.0263. The van der Waals surface area contributed by atoms with E-state index in [4.69, 9.17) is 41.6 Å². The third kappa shape index (κ3) is 16.3. The van der Waals surface area contributed by atoms with Gasteiger partial charge in [-0.25, -0.2) is 28.4 Å². The minimum absolute atomic E-state index is 0.0255. The highest BCUT2D eigenvalue weighted by molar-refractivity contribution is 6.37. The topological polar surface area (TPSA) is 190 Å². The van der Waals surface area contributed by atoms with Crippen molar-refractivity contribution in [1.82, 2.24) is 30.8 Å². The number of ether oxygens (including phenoxy) is 3. The lowest BCUT2D eigenvalue weighted by Gasteiger charge is -2.23. The molecule has 2 amide bonds. The molecule has 0 radical (unpaired) electrons. The molecule has 2 atom stereocenters. The number of allylic oxidation sites excluding steroid dienone is 2. The molecule has 2 heterocycles. The van der Waals surface area contributed by atoms with E-state index in [0.717, 1.165) is 19.1 Å². The Bertz CT molecular complexity index is 2680. The van der Waals surface area contributed by atoms with Crippen LogP contribution in [-0.4, -0.2) is 121 Å². The van der Waals surface area contributed by atoms with Crippen molar-refractivity contribution in [3.63, 3.8) is 0 Å². The van der Waals surface area contributed by atoms with Gasteiger partial charge in [-0.15, -0.1) is 0 Å². The number of aromatic nitrogens is 3. The van der Waals surface area contributed by atoms with Gasteiger partial charge in [-0.2, -0.15) is 36.5 Å². The first kappa shape index (κ1) is 59.6. The van der Waals surface area contributed by atoms with Crippen LogP contribution in [0.25, 0.3) is 22.0 Å². The number of carbonyl (C=O) groups excluding carboxylic acids is 2. The fourth-order valence-electron chi connectivity index (χ4n) is 7.34. The summed E-state index contributed by atoms with van der Waals surface area (Å²) >= 11 is 6.73. The summed E-state index contributed by atoms with van der Waals surface area (Å²) in [7, 11) is 2.90. The van der Waals surface area contributed by atoms with E-state index in [1.807, 2.05) is 13.8 Å². The van der Waals surface area contributed by atoms with Crippen molar-refractivity contribution in [1.29, 1.82) is 0 Å². The molecule has 1 saturated carbocycles. The van der Waals surface area contributed by atoms with Crippen molar-refractivity contribution in [3.05, 3.63) is 87.3 Å². The Morgan fingerprint density at radius 1 is 0.986 bits per heavy atom. The fourth-order valence-corrected chi connectivity index (χ4v) is 7.58. The number of hydrogen-bond donors (Lipinski definition) is 5. The first-order valence-electron chi connectivity index (χ1n) is 22.7. The molecule has 1 aliphatic carbocycles. The minimum atomic E-state index is -5.05. The van der Waals surface area contributed by atoms with Crippen molar-refractivity contribution in [2.24, 2.45) is 10.7 Å². The maximum atomic E-state index is 15.7. The lowest BCUT2D eigenvalue weighted by Crippen LogP contribution is -2.42. The number of rotatable bonds is 19. The number of nitrogens with two attached hydrogens (primary N) is 1. The number of nitrogens with zero attached hydrogens (tertiary/aromatic N) is 5. The number of fused-ring (bicyclic) bond motifs is 1. The van der Waals surface area contributed by atoms with Crippen LogP contribution in [0.2, 0.25) is 5.02 Å². The summed E-state index contributed by atoms with van der Waals surface area (Å²) in [5, 5.41) is 18.9. The van der Waals surface area contributed by atoms with Crippen LogP contribution in [0, 0.1) is 23.5 Å². The Labute approximate surface area is 420 Å². The number of hydrogen-bond acceptors (Lipinski definition) is 12. The molecule has 6 N–H and O–H groups in total. The largest absolute Gasteiger partial charge is 0.446 e. The Morgan fingerprint density at radius 2 is 1.62 bits per heavy atom. The number of amides is 2. The molecule has 0 aliphatic heterocycles. The van der Waals surface area contributed by atoms with Crippen molar-refractivity contribution < 1.29 is 68.4 Å². The van der Waals surface area contributed by atoms with Gasteiger partial charge in [-0.3, -0.25) is 14.5 Å². The summed E-state index contributed by atoms with van der Waals surface area (Å²) < 4.78 is 146. The van der Waals surface area contributed by atoms with Gasteiger partial charge in [-0.05, 0) is 88.9 Å². The highest BCUT2D eigenvalue weighted by atomic mass is 35.5. The average molecular weight is 1060 g/mol. The van der Waals surface area contributed by atoms with Crippen molar-refractivity contribution in [2.45, 2.75) is 90.0 Å². The van der Waals surface area contributed by atoms with E-state index >= 15 is 4.39 Å². The van der Waals surface area contributed by atoms with E-state index in [-0.39, 0.29) is 83.6 Å². The van der Waals surface area contributed by atoms with Gasteiger partial charge in [-0.1, -0.05) is 37.4 Å². The zero-order chi connectivity index (χ0) is 54.5. The number of aliphatic hydroxyl groups excluding tert-OH is 1. The molecule has 0 spiro atoms. The average Bonchev–Trinajstić information content (AvgIpc) is 3.83. The van der Waals surface area contributed by atoms with Gasteiger partial charge in [0.05, 0.1) is 71.9 Å². The van der Waals surface area contributed by atoms with E-state index in [0.29, 0.717) is 15.8 Å². The molecule has 2 unspecified atom stereocenters. The number of anilines is 1. The third-order valence-electron chi connectivity index (χ3n) is 10.8. The summed E-state index contributed by atoms with van der Waals surface area (Å²) in [5.41, 5.74) is 1.14. The molecule has 25 heteroatoms. The van der Waals surface area contributed by atoms with Crippen LogP contribution < -0.4 is 26.8 Å². The van der Waals surface area contributed by atoms with Crippen LogP contribution in [0.4, 0.5) is 50.1 Å². The Morgan fingerprint density at radius 3 is 2.22 bits per heavy atom. The molecular weight excluding hydrogens is 1010 g/mol. The molecule has 400 valence electrons. The van der Waals surface area contributed by atoms with Crippen LogP contribution in [-0.2, 0) is 32.0 Å².